The van der Waals surface area contributed by atoms with E-state index in [0.29, 0.717) is 12.2 Å². The van der Waals surface area contributed by atoms with Crippen LogP contribution in [0.2, 0.25) is 0 Å². The Morgan fingerprint density at radius 1 is 1.12 bits per heavy atom. The highest BCUT2D eigenvalue weighted by Gasteiger charge is 2.18. The Morgan fingerprint density at radius 2 is 1.88 bits per heavy atom. The summed E-state index contributed by atoms with van der Waals surface area (Å²) in [5.41, 5.74) is 0.532. The predicted octanol–water partition coefficient (Wildman–Crippen LogP) is 2.66. The van der Waals surface area contributed by atoms with Crippen molar-refractivity contribution in [2.24, 2.45) is 0 Å². The minimum Gasteiger partial charge on any atom is -0.497 e. The van der Waals surface area contributed by atoms with Crippen LogP contribution in [0.1, 0.15) is 12.5 Å². The van der Waals surface area contributed by atoms with Gasteiger partial charge in [-0.25, -0.2) is 8.78 Å². The standard InChI is InChI=1S/C18H18F2N2O3/c1-11(8-12-4-3-5-14(9-12)25-2)21-17(23)18(24)22-16-10-13(19)6-7-15(16)20/h3-7,9-11H,8H2,1-2H3,(H,21,23)(H,22,24). The van der Waals surface area contributed by atoms with Gasteiger partial charge in [0, 0.05) is 12.1 Å². The SMILES string of the molecule is COc1cccc(CC(C)NC(=O)C(=O)Nc2cc(F)ccc2F)c1. The van der Waals surface area contributed by atoms with E-state index in [1.165, 1.54) is 0 Å². The molecule has 132 valence electrons. The second kappa shape index (κ2) is 8.23. The van der Waals surface area contributed by atoms with E-state index in [2.05, 4.69) is 10.6 Å². The maximum absolute atomic E-state index is 13.5. The number of carbonyl (C=O) groups excluding carboxylic acids is 2. The second-order valence-electron chi connectivity index (χ2n) is 5.51. The number of ether oxygens (including phenoxy) is 1. The van der Waals surface area contributed by atoms with Crippen LogP contribution in [-0.2, 0) is 16.0 Å². The number of carbonyl (C=O) groups is 2. The van der Waals surface area contributed by atoms with Gasteiger partial charge in [0.05, 0.1) is 12.8 Å². The van der Waals surface area contributed by atoms with Crippen molar-refractivity contribution < 1.29 is 23.1 Å². The lowest BCUT2D eigenvalue weighted by molar-refractivity contribution is -0.136. The highest BCUT2D eigenvalue weighted by molar-refractivity contribution is 6.39. The first-order valence-corrected chi connectivity index (χ1v) is 7.59. The van der Waals surface area contributed by atoms with Crippen LogP contribution in [0.25, 0.3) is 0 Å². The second-order valence-corrected chi connectivity index (χ2v) is 5.51. The molecule has 0 aromatic heterocycles. The first-order chi connectivity index (χ1) is 11.9. The Balaban J connectivity index is 1.93. The van der Waals surface area contributed by atoms with Gasteiger partial charge in [0.15, 0.2) is 0 Å². The van der Waals surface area contributed by atoms with Gasteiger partial charge in [0.1, 0.15) is 17.4 Å². The van der Waals surface area contributed by atoms with Gasteiger partial charge in [0.2, 0.25) is 0 Å². The zero-order chi connectivity index (χ0) is 18.4. The Kier molecular flexibility index (Phi) is 6.05. The van der Waals surface area contributed by atoms with E-state index < -0.39 is 23.4 Å². The molecule has 5 nitrogen and oxygen atoms in total. The molecule has 2 aromatic carbocycles. The Labute approximate surface area is 144 Å². The summed E-state index contributed by atoms with van der Waals surface area (Å²) >= 11 is 0. The Hall–Kier alpha value is -2.96. The average Bonchev–Trinajstić information content (AvgIpc) is 2.58. The molecule has 2 aromatic rings. The topological polar surface area (TPSA) is 67.4 Å². The van der Waals surface area contributed by atoms with Gasteiger partial charge >= 0.3 is 11.8 Å². The molecule has 0 aliphatic rings. The zero-order valence-electron chi connectivity index (χ0n) is 13.8. The number of hydrogen-bond acceptors (Lipinski definition) is 3. The first-order valence-electron chi connectivity index (χ1n) is 7.59. The van der Waals surface area contributed by atoms with E-state index in [-0.39, 0.29) is 11.7 Å². The minimum atomic E-state index is -1.07. The van der Waals surface area contributed by atoms with Crippen molar-refractivity contribution in [2.75, 3.05) is 12.4 Å². The molecule has 25 heavy (non-hydrogen) atoms. The van der Waals surface area contributed by atoms with Crippen molar-refractivity contribution in [3.63, 3.8) is 0 Å². The van der Waals surface area contributed by atoms with Crippen LogP contribution in [-0.4, -0.2) is 25.0 Å². The summed E-state index contributed by atoms with van der Waals surface area (Å²) in [7, 11) is 1.56. The van der Waals surface area contributed by atoms with Crippen molar-refractivity contribution >= 4 is 17.5 Å². The maximum atomic E-state index is 13.5. The van der Waals surface area contributed by atoms with Crippen LogP contribution in [0.4, 0.5) is 14.5 Å². The van der Waals surface area contributed by atoms with E-state index >= 15 is 0 Å². The highest BCUT2D eigenvalue weighted by atomic mass is 19.1. The number of amides is 2. The van der Waals surface area contributed by atoms with Crippen LogP contribution in [0.3, 0.4) is 0 Å². The summed E-state index contributed by atoms with van der Waals surface area (Å²) < 4.78 is 31.7. The van der Waals surface area contributed by atoms with Gasteiger partial charge in [-0.3, -0.25) is 9.59 Å². The summed E-state index contributed by atoms with van der Waals surface area (Å²) in [5, 5.41) is 4.56. The number of hydrogen-bond donors (Lipinski definition) is 2. The zero-order valence-corrected chi connectivity index (χ0v) is 13.8. The fourth-order valence-corrected chi connectivity index (χ4v) is 2.27. The van der Waals surface area contributed by atoms with Crippen LogP contribution in [0.5, 0.6) is 5.75 Å². The van der Waals surface area contributed by atoms with Gasteiger partial charge in [-0.15, -0.1) is 0 Å². The third kappa shape index (κ3) is 5.27. The van der Waals surface area contributed by atoms with Crippen LogP contribution >= 0.6 is 0 Å². The van der Waals surface area contributed by atoms with Gasteiger partial charge in [-0.1, -0.05) is 12.1 Å². The van der Waals surface area contributed by atoms with Gasteiger partial charge in [-0.2, -0.15) is 0 Å². The van der Waals surface area contributed by atoms with Crippen molar-refractivity contribution in [2.45, 2.75) is 19.4 Å². The molecule has 7 heteroatoms. The molecule has 0 radical (unpaired) electrons. The normalized spacial score (nSPS) is 11.5. The summed E-state index contributed by atoms with van der Waals surface area (Å²) in [5.74, 6) is -2.85. The van der Waals surface area contributed by atoms with Gasteiger partial charge < -0.3 is 15.4 Å². The van der Waals surface area contributed by atoms with E-state index in [1.54, 1.807) is 20.1 Å². The molecule has 0 spiro atoms. The molecule has 2 rings (SSSR count). The van der Waals surface area contributed by atoms with Crippen LogP contribution in [0.15, 0.2) is 42.5 Å². The quantitative estimate of drug-likeness (QED) is 0.817. The van der Waals surface area contributed by atoms with E-state index in [4.69, 9.17) is 4.74 Å². The summed E-state index contributed by atoms with van der Waals surface area (Å²) in [6.07, 6.45) is 0.477. The lowest BCUT2D eigenvalue weighted by Crippen LogP contribution is -2.41. The van der Waals surface area contributed by atoms with E-state index in [1.807, 2.05) is 18.2 Å². The molecule has 0 fully saturated rings. The summed E-state index contributed by atoms with van der Waals surface area (Å²) in [6.45, 7) is 1.73. The van der Waals surface area contributed by atoms with E-state index in [9.17, 15) is 18.4 Å². The number of benzene rings is 2. The van der Waals surface area contributed by atoms with Gasteiger partial charge in [0.25, 0.3) is 0 Å². The number of methoxy groups -OCH3 is 1. The fourth-order valence-electron chi connectivity index (χ4n) is 2.27. The molecule has 0 aliphatic carbocycles. The minimum absolute atomic E-state index is 0.345. The van der Waals surface area contributed by atoms with Crippen LogP contribution < -0.4 is 15.4 Å². The lowest BCUT2D eigenvalue weighted by atomic mass is 10.1. The van der Waals surface area contributed by atoms with Crippen molar-refractivity contribution in [1.82, 2.24) is 5.32 Å². The average molecular weight is 348 g/mol. The van der Waals surface area contributed by atoms with Crippen molar-refractivity contribution in [3.05, 3.63) is 59.7 Å². The molecule has 0 aliphatic heterocycles. The monoisotopic (exact) mass is 348 g/mol. The molecule has 0 saturated carbocycles. The van der Waals surface area contributed by atoms with Gasteiger partial charge in [-0.05, 0) is 43.2 Å². The largest absolute Gasteiger partial charge is 0.497 e. The molecule has 0 bridgehead atoms. The lowest BCUT2D eigenvalue weighted by Gasteiger charge is -2.14. The smallest absolute Gasteiger partial charge is 0.313 e. The highest BCUT2D eigenvalue weighted by Crippen LogP contribution is 2.15. The molecule has 0 saturated heterocycles. The summed E-state index contributed by atoms with van der Waals surface area (Å²) in [6, 6.07) is 9.56. The predicted molar refractivity (Wildman–Crippen MR) is 89.3 cm³/mol. The summed E-state index contributed by atoms with van der Waals surface area (Å²) in [4.78, 5) is 23.7. The molecule has 2 N–H and O–H groups in total. The molecule has 1 unspecified atom stereocenters. The van der Waals surface area contributed by atoms with Crippen molar-refractivity contribution in [1.29, 1.82) is 0 Å². The molecule has 1 atom stereocenters. The maximum Gasteiger partial charge on any atom is 0.313 e. The molecular formula is C18H18F2N2O3. The first kappa shape index (κ1) is 18.4. The van der Waals surface area contributed by atoms with E-state index in [0.717, 1.165) is 23.8 Å². The molecular weight excluding hydrogens is 330 g/mol. The van der Waals surface area contributed by atoms with Crippen LogP contribution in [0, 0.1) is 11.6 Å². The number of rotatable bonds is 5. The molecule has 0 heterocycles. The number of halogens is 2. The third-order valence-corrected chi connectivity index (χ3v) is 3.44. The Morgan fingerprint density at radius 3 is 2.60 bits per heavy atom. The number of nitrogens with one attached hydrogen (secondary N) is 2. The molecule has 2 amide bonds. The Bertz CT molecular complexity index is 781. The number of anilines is 1. The fraction of sp³-hybridized carbons (Fsp3) is 0.222. The third-order valence-electron chi connectivity index (χ3n) is 3.44. The van der Waals surface area contributed by atoms with Crippen molar-refractivity contribution in [3.8, 4) is 5.75 Å².